The van der Waals surface area contributed by atoms with Crippen molar-refractivity contribution in [1.29, 1.82) is 0 Å². The van der Waals surface area contributed by atoms with Crippen LogP contribution in [0.2, 0.25) is 0 Å². The van der Waals surface area contributed by atoms with E-state index in [1.807, 2.05) is 0 Å². The fourth-order valence-electron chi connectivity index (χ4n) is 3.83. The van der Waals surface area contributed by atoms with Gasteiger partial charge in [-0.1, -0.05) is 26.0 Å². The van der Waals surface area contributed by atoms with E-state index in [9.17, 15) is 35.8 Å². The third-order valence-electron chi connectivity index (χ3n) is 5.51. The number of hydrogen-bond donors (Lipinski definition) is 2. The molecule has 0 saturated heterocycles. The van der Waals surface area contributed by atoms with Crippen LogP contribution in [0.4, 0.5) is 30.7 Å². The van der Waals surface area contributed by atoms with Crippen molar-refractivity contribution in [2.75, 3.05) is 14.2 Å². The molecule has 0 aliphatic heterocycles. The monoisotopic (exact) mass is 493 g/mol. The van der Waals surface area contributed by atoms with Crippen molar-refractivity contribution in [1.82, 2.24) is 5.32 Å². The molecule has 3 nitrogen and oxygen atoms in total. The van der Waals surface area contributed by atoms with Crippen LogP contribution in [-0.2, 0) is 11.6 Å². The molecule has 0 radical (unpaired) electrons. The Kier molecular flexibility index (Phi) is 7.97. The first-order valence-electron chi connectivity index (χ1n) is 10.2. The summed E-state index contributed by atoms with van der Waals surface area (Å²) in [5, 5.41) is 13.3. The van der Waals surface area contributed by atoms with E-state index in [2.05, 4.69) is 5.32 Å². The minimum atomic E-state index is -5.10. The zero-order valence-corrected chi connectivity index (χ0v) is 19.0. The Labute approximate surface area is 193 Å². The number of aliphatic hydroxyl groups is 1. The van der Waals surface area contributed by atoms with Crippen LogP contribution >= 0.6 is 0 Å². The van der Waals surface area contributed by atoms with E-state index < -0.39 is 47.6 Å². The summed E-state index contributed by atoms with van der Waals surface area (Å²) in [4.78, 5) is 0. The zero-order valence-electron chi connectivity index (χ0n) is 19.0. The Morgan fingerprint density at radius 2 is 1.68 bits per heavy atom. The fraction of sp³-hybridized carbons (Fsp3) is 0.417. The molecule has 1 unspecified atom stereocenters. The van der Waals surface area contributed by atoms with Crippen LogP contribution in [0.25, 0.3) is 6.08 Å². The Bertz CT molecular complexity index is 1030. The topological polar surface area (TPSA) is 41.5 Å². The van der Waals surface area contributed by atoms with Crippen LogP contribution in [0.15, 0.2) is 48.2 Å². The van der Waals surface area contributed by atoms with Crippen molar-refractivity contribution in [3.8, 4) is 5.75 Å². The number of hydrogen-bond acceptors (Lipinski definition) is 3. The number of rotatable bonds is 8. The van der Waals surface area contributed by atoms with Crippen molar-refractivity contribution in [3.63, 3.8) is 0 Å². The average Bonchev–Trinajstić information content (AvgIpc) is 2.71. The van der Waals surface area contributed by atoms with Gasteiger partial charge in [0.15, 0.2) is 5.60 Å². The molecule has 0 aromatic heterocycles. The lowest BCUT2D eigenvalue weighted by molar-refractivity contribution is -0.266. The summed E-state index contributed by atoms with van der Waals surface area (Å²) >= 11 is 0. The maximum atomic E-state index is 14.1. The molecule has 0 aliphatic carbocycles. The number of ether oxygens (including phenoxy) is 1. The minimum absolute atomic E-state index is 0.00904. The molecular weight excluding hydrogens is 467 g/mol. The highest BCUT2D eigenvalue weighted by molar-refractivity contribution is 5.54. The van der Waals surface area contributed by atoms with Crippen LogP contribution in [0, 0.1) is 5.82 Å². The van der Waals surface area contributed by atoms with Crippen LogP contribution in [0.1, 0.15) is 43.4 Å². The molecule has 2 rings (SSSR count). The molecule has 2 aromatic carbocycles. The van der Waals surface area contributed by atoms with Crippen molar-refractivity contribution in [3.05, 3.63) is 70.7 Å². The Hall–Kier alpha value is -2.75. The summed E-state index contributed by atoms with van der Waals surface area (Å²) in [6.07, 6.45) is -10.4. The smallest absolute Gasteiger partial charge is 0.417 e. The normalized spacial score (nSPS) is 15.1. The maximum Gasteiger partial charge on any atom is 0.417 e. The molecule has 0 bridgehead atoms. The summed E-state index contributed by atoms with van der Waals surface area (Å²) in [5.74, 6) is -0.524. The average molecular weight is 493 g/mol. The molecule has 1 atom stereocenters. The standard InChI is InChI=1S/C24H26F7NO2/c1-21(2,19-12-17(25)8-9-20(19)34-4)14-22(33,24(29,30)31)13-18(32-3)11-15-6-5-7-16(10-15)23(26,27)28/h5-12,32-33H,13-14H2,1-4H3/b18-11-. The molecule has 0 saturated carbocycles. The van der Waals surface area contributed by atoms with Crippen LogP contribution < -0.4 is 10.1 Å². The van der Waals surface area contributed by atoms with Gasteiger partial charge in [0.1, 0.15) is 11.6 Å². The predicted molar refractivity (Wildman–Crippen MR) is 115 cm³/mol. The second-order valence-electron chi connectivity index (χ2n) is 8.65. The van der Waals surface area contributed by atoms with E-state index in [4.69, 9.17) is 4.74 Å². The highest BCUT2D eigenvalue weighted by atomic mass is 19.4. The molecule has 34 heavy (non-hydrogen) atoms. The van der Waals surface area contributed by atoms with Gasteiger partial charge >= 0.3 is 12.4 Å². The van der Waals surface area contributed by atoms with E-state index in [0.717, 1.165) is 36.4 Å². The van der Waals surface area contributed by atoms with Gasteiger partial charge in [-0.25, -0.2) is 4.39 Å². The lowest BCUT2D eigenvalue weighted by atomic mass is 9.73. The van der Waals surface area contributed by atoms with Crippen molar-refractivity contribution < 1.29 is 40.6 Å². The quantitative estimate of drug-likeness (QED) is 0.415. The third kappa shape index (κ3) is 6.43. The molecule has 0 amide bonds. The highest BCUT2D eigenvalue weighted by Gasteiger charge is 2.56. The van der Waals surface area contributed by atoms with Crippen molar-refractivity contribution in [2.24, 2.45) is 0 Å². The Morgan fingerprint density at radius 3 is 2.21 bits per heavy atom. The maximum absolute atomic E-state index is 14.1. The van der Waals surface area contributed by atoms with Gasteiger partial charge in [0, 0.05) is 24.7 Å². The van der Waals surface area contributed by atoms with Gasteiger partial charge < -0.3 is 15.2 Å². The Morgan fingerprint density at radius 1 is 1.03 bits per heavy atom. The first kappa shape index (κ1) is 27.5. The molecule has 2 N–H and O–H groups in total. The number of benzene rings is 2. The highest BCUT2D eigenvalue weighted by Crippen LogP contribution is 2.46. The van der Waals surface area contributed by atoms with E-state index >= 15 is 0 Å². The molecule has 188 valence electrons. The molecule has 2 aromatic rings. The number of methoxy groups -OCH3 is 1. The van der Waals surface area contributed by atoms with Crippen LogP contribution in [0.3, 0.4) is 0 Å². The second-order valence-corrected chi connectivity index (χ2v) is 8.65. The summed E-state index contributed by atoms with van der Waals surface area (Å²) in [6.45, 7) is 2.83. The van der Waals surface area contributed by atoms with Gasteiger partial charge in [0.2, 0.25) is 0 Å². The number of nitrogens with one attached hydrogen (secondary N) is 1. The molecule has 0 fully saturated rings. The third-order valence-corrected chi connectivity index (χ3v) is 5.51. The van der Waals surface area contributed by atoms with Gasteiger partial charge in [-0.05, 0) is 53.8 Å². The van der Waals surface area contributed by atoms with E-state index in [0.29, 0.717) is 0 Å². The van der Waals surface area contributed by atoms with Crippen molar-refractivity contribution in [2.45, 2.75) is 50.1 Å². The summed E-state index contributed by atoms with van der Waals surface area (Å²) < 4.78 is 100. The van der Waals surface area contributed by atoms with Gasteiger partial charge in [-0.2, -0.15) is 26.3 Å². The van der Waals surface area contributed by atoms with E-state index in [1.165, 1.54) is 40.1 Å². The second kappa shape index (κ2) is 9.85. The van der Waals surface area contributed by atoms with Crippen molar-refractivity contribution >= 4 is 6.08 Å². The summed E-state index contributed by atoms with van der Waals surface area (Å²) in [7, 11) is 2.59. The SMILES string of the molecule is CN/C(=C\c1cccc(C(F)(F)F)c1)CC(O)(CC(C)(C)c1cc(F)ccc1OC)C(F)(F)F. The lowest BCUT2D eigenvalue weighted by Crippen LogP contribution is -2.50. The van der Waals surface area contributed by atoms with Gasteiger partial charge in [-0.3, -0.25) is 0 Å². The van der Waals surface area contributed by atoms with E-state index in [-0.39, 0.29) is 22.6 Å². The van der Waals surface area contributed by atoms with Crippen LogP contribution in [0.5, 0.6) is 5.75 Å². The van der Waals surface area contributed by atoms with Gasteiger partial charge in [0.05, 0.1) is 12.7 Å². The van der Waals surface area contributed by atoms with Crippen LogP contribution in [-0.4, -0.2) is 31.0 Å². The summed E-state index contributed by atoms with van der Waals surface area (Å²) in [6, 6.07) is 7.52. The number of alkyl halides is 6. The first-order valence-corrected chi connectivity index (χ1v) is 10.2. The molecule has 0 heterocycles. The first-order chi connectivity index (χ1) is 15.5. The van der Waals surface area contributed by atoms with Gasteiger partial charge in [0.25, 0.3) is 0 Å². The fourth-order valence-corrected chi connectivity index (χ4v) is 3.83. The molecule has 10 heteroatoms. The summed E-state index contributed by atoms with van der Waals surface area (Å²) in [5.41, 5.74) is -5.64. The lowest BCUT2D eigenvalue weighted by Gasteiger charge is -2.39. The molecular formula is C24H26F7NO2. The largest absolute Gasteiger partial charge is 0.496 e. The van der Waals surface area contributed by atoms with Gasteiger partial charge in [-0.15, -0.1) is 0 Å². The molecule has 0 spiro atoms. The van der Waals surface area contributed by atoms with E-state index in [1.54, 1.807) is 0 Å². The minimum Gasteiger partial charge on any atom is -0.496 e. The number of halogens is 7. The molecule has 0 aliphatic rings. The predicted octanol–water partition coefficient (Wildman–Crippen LogP) is 6.46. The zero-order chi connectivity index (χ0) is 25.9. The Balaban J connectivity index is 2.47.